The van der Waals surface area contributed by atoms with Gasteiger partial charge in [-0.3, -0.25) is 4.79 Å². The molecule has 15 heavy (non-hydrogen) atoms. The molecule has 1 amide bonds. The second-order valence-electron chi connectivity index (χ2n) is 2.91. The van der Waals surface area contributed by atoms with Crippen LogP contribution in [0.1, 0.15) is 23.0 Å². The molecular weight excluding hydrogens is 212 g/mol. The lowest BCUT2D eigenvalue weighted by atomic mass is 10.2. The minimum Gasteiger partial charge on any atom is -0.496 e. The third-order valence-corrected chi connectivity index (χ3v) is 2.81. The van der Waals surface area contributed by atoms with E-state index in [0.29, 0.717) is 17.0 Å². The molecule has 1 unspecified atom stereocenters. The number of hydrogen-bond donors (Lipinski definition) is 1. The van der Waals surface area contributed by atoms with Crippen LogP contribution in [0.15, 0.2) is 11.4 Å². The molecule has 1 aromatic rings. The van der Waals surface area contributed by atoms with Crippen molar-refractivity contribution in [3.63, 3.8) is 0 Å². The van der Waals surface area contributed by atoms with Gasteiger partial charge in [0.15, 0.2) is 0 Å². The van der Waals surface area contributed by atoms with Crippen LogP contribution in [0.25, 0.3) is 0 Å². The van der Waals surface area contributed by atoms with Crippen LogP contribution in [0.3, 0.4) is 0 Å². The number of nitrogens with one attached hydrogen (secondary N) is 1. The van der Waals surface area contributed by atoms with Crippen molar-refractivity contribution in [2.24, 2.45) is 0 Å². The smallest absolute Gasteiger partial charge is 0.262 e. The molecule has 0 spiro atoms. The van der Waals surface area contributed by atoms with E-state index in [4.69, 9.17) is 10.00 Å². The largest absolute Gasteiger partial charge is 0.496 e. The van der Waals surface area contributed by atoms with Crippen molar-refractivity contribution >= 4 is 17.2 Å². The van der Waals surface area contributed by atoms with Gasteiger partial charge in [-0.15, -0.1) is 11.3 Å². The van der Waals surface area contributed by atoms with Crippen molar-refractivity contribution < 1.29 is 9.53 Å². The summed E-state index contributed by atoms with van der Waals surface area (Å²) in [4.78, 5) is 12.2. The first-order valence-electron chi connectivity index (χ1n) is 4.54. The van der Waals surface area contributed by atoms with E-state index in [-0.39, 0.29) is 5.91 Å². The highest BCUT2D eigenvalue weighted by molar-refractivity contribution is 7.12. The zero-order valence-corrected chi connectivity index (χ0v) is 9.43. The van der Waals surface area contributed by atoms with Crippen molar-refractivity contribution in [1.82, 2.24) is 5.32 Å². The van der Waals surface area contributed by atoms with Gasteiger partial charge in [-0.1, -0.05) is 6.92 Å². The van der Waals surface area contributed by atoms with E-state index in [0.717, 1.165) is 0 Å². The molecular formula is C10H12N2O2S. The Morgan fingerprint density at radius 3 is 3.00 bits per heavy atom. The minimum absolute atomic E-state index is 0.225. The molecule has 0 aromatic carbocycles. The number of nitriles is 1. The molecule has 80 valence electrons. The maximum Gasteiger partial charge on any atom is 0.262 e. The summed E-state index contributed by atoms with van der Waals surface area (Å²) in [5, 5.41) is 13.1. The third-order valence-electron chi connectivity index (χ3n) is 1.90. The molecule has 5 heteroatoms. The number of carbonyl (C=O) groups excluding carboxylic acids is 1. The van der Waals surface area contributed by atoms with Gasteiger partial charge < -0.3 is 10.1 Å². The fraction of sp³-hybridized carbons (Fsp3) is 0.400. The molecule has 0 saturated heterocycles. The van der Waals surface area contributed by atoms with Crippen LogP contribution in [-0.2, 0) is 0 Å². The third kappa shape index (κ3) is 2.96. The number of rotatable bonds is 4. The summed E-state index contributed by atoms with van der Waals surface area (Å²) in [6, 6.07) is 3.25. The molecule has 0 fully saturated rings. The normalized spacial score (nSPS) is 11.5. The van der Waals surface area contributed by atoms with Gasteiger partial charge in [0.2, 0.25) is 0 Å². The van der Waals surface area contributed by atoms with Crippen molar-refractivity contribution in [2.75, 3.05) is 7.11 Å². The van der Waals surface area contributed by atoms with Gasteiger partial charge >= 0.3 is 0 Å². The average molecular weight is 224 g/mol. The lowest BCUT2D eigenvalue weighted by Crippen LogP contribution is -2.32. The van der Waals surface area contributed by atoms with E-state index in [9.17, 15) is 4.79 Å². The molecule has 1 N–H and O–H groups in total. The number of hydrogen-bond acceptors (Lipinski definition) is 4. The highest BCUT2D eigenvalue weighted by atomic mass is 32.1. The summed E-state index contributed by atoms with van der Waals surface area (Å²) in [5.74, 6) is 0.437. The predicted molar refractivity (Wildman–Crippen MR) is 58.0 cm³/mol. The lowest BCUT2D eigenvalue weighted by molar-refractivity contribution is 0.0948. The Morgan fingerprint density at radius 1 is 1.80 bits per heavy atom. The van der Waals surface area contributed by atoms with E-state index in [1.807, 2.05) is 13.0 Å². The van der Waals surface area contributed by atoms with Gasteiger partial charge in [0.25, 0.3) is 5.91 Å². The van der Waals surface area contributed by atoms with Crippen LogP contribution < -0.4 is 10.1 Å². The number of carbonyl (C=O) groups is 1. The molecule has 0 bridgehead atoms. The summed E-state index contributed by atoms with van der Waals surface area (Å²) in [6.45, 7) is 1.85. The van der Waals surface area contributed by atoms with E-state index >= 15 is 0 Å². The Labute approximate surface area is 92.5 Å². The molecule has 1 atom stereocenters. The molecule has 0 radical (unpaired) electrons. The van der Waals surface area contributed by atoms with Crippen LogP contribution in [0.2, 0.25) is 0 Å². The Hall–Kier alpha value is -1.54. The van der Waals surface area contributed by atoms with Crippen molar-refractivity contribution in [3.05, 3.63) is 16.3 Å². The quantitative estimate of drug-likeness (QED) is 0.848. The Morgan fingerprint density at radius 2 is 2.53 bits per heavy atom. The summed E-state index contributed by atoms with van der Waals surface area (Å²) in [5.41, 5.74) is 0. The maximum absolute atomic E-state index is 11.6. The fourth-order valence-electron chi connectivity index (χ4n) is 1.000. The molecule has 0 aliphatic heterocycles. The first-order valence-corrected chi connectivity index (χ1v) is 5.42. The van der Waals surface area contributed by atoms with Gasteiger partial charge in [0.05, 0.1) is 18.1 Å². The molecule has 4 nitrogen and oxygen atoms in total. The molecule has 0 aliphatic carbocycles. The SMILES string of the molecule is CCC(C#N)NC(=O)c1cc(OC)cs1. The minimum atomic E-state index is -0.425. The van der Waals surface area contributed by atoms with Crippen LogP contribution in [0.4, 0.5) is 0 Å². The van der Waals surface area contributed by atoms with Crippen LogP contribution in [0.5, 0.6) is 5.75 Å². The Balaban J connectivity index is 2.65. The number of thiophene rings is 1. The standard InChI is InChI=1S/C10H12N2O2S/c1-3-7(5-11)12-10(13)9-4-8(14-2)6-15-9/h4,6-7H,3H2,1-2H3,(H,12,13). The summed E-state index contributed by atoms with van der Waals surface area (Å²) < 4.78 is 4.97. The zero-order chi connectivity index (χ0) is 11.3. The number of amides is 1. The molecule has 1 aromatic heterocycles. The zero-order valence-electron chi connectivity index (χ0n) is 8.61. The van der Waals surface area contributed by atoms with Crippen LogP contribution in [-0.4, -0.2) is 19.1 Å². The Bertz CT molecular complexity index is 381. The van der Waals surface area contributed by atoms with Crippen molar-refractivity contribution in [1.29, 1.82) is 5.26 Å². The monoisotopic (exact) mass is 224 g/mol. The number of methoxy groups -OCH3 is 1. The summed E-state index contributed by atoms with van der Waals surface area (Å²) >= 11 is 1.30. The summed E-state index contributed by atoms with van der Waals surface area (Å²) in [6.07, 6.45) is 0.602. The average Bonchev–Trinajstić information content (AvgIpc) is 2.74. The lowest BCUT2D eigenvalue weighted by Gasteiger charge is -2.06. The van der Waals surface area contributed by atoms with Gasteiger partial charge in [-0.05, 0) is 6.42 Å². The van der Waals surface area contributed by atoms with E-state index < -0.39 is 6.04 Å². The Kier molecular flexibility index (Phi) is 4.13. The molecule has 1 heterocycles. The maximum atomic E-state index is 11.6. The van der Waals surface area contributed by atoms with Crippen molar-refractivity contribution in [2.45, 2.75) is 19.4 Å². The van der Waals surface area contributed by atoms with E-state index in [1.54, 1.807) is 18.6 Å². The van der Waals surface area contributed by atoms with Crippen molar-refractivity contribution in [3.8, 4) is 11.8 Å². The second-order valence-corrected chi connectivity index (χ2v) is 3.83. The van der Waals surface area contributed by atoms with Gasteiger partial charge in [-0.2, -0.15) is 5.26 Å². The molecule has 0 saturated carbocycles. The first-order chi connectivity index (χ1) is 7.21. The van der Waals surface area contributed by atoms with Crippen LogP contribution >= 0.6 is 11.3 Å². The highest BCUT2D eigenvalue weighted by Gasteiger charge is 2.13. The van der Waals surface area contributed by atoms with Gasteiger partial charge in [0.1, 0.15) is 11.8 Å². The van der Waals surface area contributed by atoms with Gasteiger partial charge in [-0.25, -0.2) is 0 Å². The van der Waals surface area contributed by atoms with E-state index in [2.05, 4.69) is 5.32 Å². The highest BCUT2D eigenvalue weighted by Crippen LogP contribution is 2.20. The van der Waals surface area contributed by atoms with E-state index in [1.165, 1.54) is 11.3 Å². The molecule has 1 rings (SSSR count). The number of nitrogens with zero attached hydrogens (tertiary/aromatic N) is 1. The predicted octanol–water partition coefficient (Wildman–Crippen LogP) is 1.79. The van der Waals surface area contributed by atoms with Gasteiger partial charge in [0, 0.05) is 11.4 Å². The second kappa shape index (κ2) is 5.37. The summed E-state index contributed by atoms with van der Waals surface area (Å²) in [7, 11) is 1.55. The molecule has 0 aliphatic rings. The van der Waals surface area contributed by atoms with Crippen LogP contribution in [0, 0.1) is 11.3 Å². The number of ether oxygens (including phenoxy) is 1. The fourth-order valence-corrected chi connectivity index (χ4v) is 1.76. The first kappa shape index (κ1) is 11.5. The topological polar surface area (TPSA) is 62.1 Å².